The van der Waals surface area contributed by atoms with E-state index in [1.807, 2.05) is 0 Å². The van der Waals surface area contributed by atoms with E-state index in [4.69, 9.17) is 4.74 Å². The van der Waals surface area contributed by atoms with Crippen molar-refractivity contribution in [3.8, 4) is 17.1 Å². The van der Waals surface area contributed by atoms with Crippen LogP contribution in [0.25, 0.3) is 16.9 Å². The molecule has 0 amide bonds. The SMILES string of the molecule is CC(C)(Oc1ccc(-c2cn3c(C(F)(F)F)nnc3cn2)cn1)C(F)(F)F. The maximum Gasteiger partial charge on any atom is 0.452 e. The standard InChI is InChI=1S/C15H11F6N5O/c1-13(2,15(19,20)21)27-11-4-3-8(5-23-11)9-7-26-10(6-22-9)24-25-12(26)14(16,17)18/h3-7H,1-2H3. The Labute approximate surface area is 147 Å². The first-order valence-electron chi connectivity index (χ1n) is 7.39. The number of fused-ring (bicyclic) bond motifs is 1. The van der Waals surface area contributed by atoms with E-state index in [9.17, 15) is 26.3 Å². The molecule has 6 nitrogen and oxygen atoms in total. The first kappa shape index (κ1) is 18.9. The fourth-order valence-corrected chi connectivity index (χ4v) is 2.06. The number of pyridine rings is 1. The quantitative estimate of drug-likeness (QED) is 0.633. The zero-order valence-electron chi connectivity index (χ0n) is 13.8. The highest BCUT2D eigenvalue weighted by Gasteiger charge is 2.50. The molecule has 0 N–H and O–H groups in total. The van der Waals surface area contributed by atoms with Gasteiger partial charge in [0.1, 0.15) is 0 Å². The van der Waals surface area contributed by atoms with E-state index < -0.39 is 23.8 Å². The van der Waals surface area contributed by atoms with E-state index in [0.717, 1.165) is 36.8 Å². The van der Waals surface area contributed by atoms with Crippen molar-refractivity contribution in [2.45, 2.75) is 31.8 Å². The van der Waals surface area contributed by atoms with Crippen LogP contribution in [0.4, 0.5) is 26.3 Å². The molecule has 3 heterocycles. The van der Waals surface area contributed by atoms with Crippen LogP contribution in [-0.2, 0) is 6.18 Å². The lowest BCUT2D eigenvalue weighted by Crippen LogP contribution is -2.44. The second-order valence-electron chi connectivity index (χ2n) is 6.02. The molecular weight excluding hydrogens is 380 g/mol. The molecule has 0 aromatic carbocycles. The summed E-state index contributed by atoms with van der Waals surface area (Å²) in [6.45, 7) is 1.70. The number of rotatable bonds is 3. The van der Waals surface area contributed by atoms with Gasteiger partial charge in [0.25, 0.3) is 0 Å². The van der Waals surface area contributed by atoms with E-state index in [1.54, 1.807) is 0 Å². The monoisotopic (exact) mass is 391 g/mol. The van der Waals surface area contributed by atoms with Gasteiger partial charge < -0.3 is 4.74 Å². The number of aromatic nitrogens is 5. The lowest BCUT2D eigenvalue weighted by molar-refractivity contribution is -0.235. The molecule has 27 heavy (non-hydrogen) atoms. The van der Waals surface area contributed by atoms with Crippen LogP contribution in [0.5, 0.6) is 5.88 Å². The summed E-state index contributed by atoms with van der Waals surface area (Å²) < 4.78 is 82.9. The summed E-state index contributed by atoms with van der Waals surface area (Å²) in [6, 6.07) is 2.51. The molecule has 0 atom stereocenters. The number of ether oxygens (including phenoxy) is 1. The van der Waals surface area contributed by atoms with Crippen molar-refractivity contribution in [2.75, 3.05) is 0 Å². The van der Waals surface area contributed by atoms with E-state index >= 15 is 0 Å². The minimum absolute atomic E-state index is 0.0990. The van der Waals surface area contributed by atoms with Crippen LogP contribution in [0.15, 0.2) is 30.7 Å². The average Bonchev–Trinajstić information content (AvgIpc) is 2.97. The predicted molar refractivity (Wildman–Crippen MR) is 79.8 cm³/mol. The Bertz CT molecular complexity index is 961. The van der Waals surface area contributed by atoms with Crippen LogP contribution in [0.3, 0.4) is 0 Å². The molecule has 0 unspecified atom stereocenters. The summed E-state index contributed by atoms with van der Waals surface area (Å²) >= 11 is 0. The van der Waals surface area contributed by atoms with E-state index in [0.29, 0.717) is 0 Å². The molecule has 144 valence electrons. The number of halogens is 6. The van der Waals surface area contributed by atoms with Gasteiger partial charge in [-0.25, -0.2) is 4.98 Å². The fraction of sp³-hybridized carbons (Fsp3) is 0.333. The Balaban J connectivity index is 1.91. The zero-order chi connectivity index (χ0) is 20.0. The van der Waals surface area contributed by atoms with Crippen LogP contribution in [0, 0.1) is 0 Å². The van der Waals surface area contributed by atoms with Gasteiger partial charge in [0.05, 0.1) is 11.9 Å². The Morgan fingerprint density at radius 3 is 2.19 bits per heavy atom. The highest BCUT2D eigenvalue weighted by Crippen LogP contribution is 2.34. The van der Waals surface area contributed by atoms with Crippen molar-refractivity contribution in [3.63, 3.8) is 0 Å². The van der Waals surface area contributed by atoms with Gasteiger partial charge in [0.15, 0.2) is 11.2 Å². The van der Waals surface area contributed by atoms with Gasteiger partial charge in [-0.05, 0) is 19.9 Å². The summed E-state index contributed by atoms with van der Waals surface area (Å²) in [4.78, 5) is 7.73. The van der Waals surface area contributed by atoms with Crippen molar-refractivity contribution in [2.24, 2.45) is 0 Å². The third-order valence-electron chi connectivity index (χ3n) is 3.62. The molecular formula is C15H11F6N5O. The Kier molecular flexibility index (Phi) is 4.23. The molecule has 3 aromatic heterocycles. The van der Waals surface area contributed by atoms with Gasteiger partial charge >= 0.3 is 12.4 Å². The largest absolute Gasteiger partial charge is 0.462 e. The van der Waals surface area contributed by atoms with E-state index in [1.165, 1.54) is 12.1 Å². The minimum atomic E-state index is -4.71. The lowest BCUT2D eigenvalue weighted by atomic mass is 10.1. The Hall–Kier alpha value is -2.92. The van der Waals surface area contributed by atoms with E-state index in [2.05, 4.69) is 20.2 Å². The van der Waals surface area contributed by atoms with Gasteiger partial charge in [0, 0.05) is 24.0 Å². The van der Waals surface area contributed by atoms with Crippen LogP contribution in [0.1, 0.15) is 19.7 Å². The second-order valence-corrected chi connectivity index (χ2v) is 6.02. The predicted octanol–water partition coefficient (Wildman–Crippen LogP) is 3.92. The molecule has 0 aliphatic heterocycles. The Morgan fingerprint density at radius 2 is 1.63 bits per heavy atom. The fourth-order valence-electron chi connectivity index (χ4n) is 2.06. The third kappa shape index (κ3) is 3.64. The molecule has 0 saturated heterocycles. The summed E-state index contributed by atoms with van der Waals surface area (Å²) in [6.07, 6.45) is -6.02. The molecule has 3 rings (SSSR count). The second kappa shape index (κ2) is 6.06. The molecule has 0 bridgehead atoms. The number of hydrogen-bond acceptors (Lipinski definition) is 5. The van der Waals surface area contributed by atoms with Gasteiger partial charge in [0.2, 0.25) is 11.7 Å². The minimum Gasteiger partial charge on any atom is -0.462 e. The van der Waals surface area contributed by atoms with Crippen LogP contribution < -0.4 is 4.74 Å². The lowest BCUT2D eigenvalue weighted by Gasteiger charge is -2.28. The Morgan fingerprint density at radius 1 is 0.926 bits per heavy atom. The van der Waals surface area contributed by atoms with E-state index in [-0.39, 0.29) is 22.8 Å². The highest BCUT2D eigenvalue weighted by molar-refractivity contribution is 5.59. The van der Waals surface area contributed by atoms with Gasteiger partial charge in [-0.15, -0.1) is 10.2 Å². The average molecular weight is 391 g/mol. The van der Waals surface area contributed by atoms with Crippen LogP contribution in [-0.4, -0.2) is 36.3 Å². The summed E-state index contributed by atoms with van der Waals surface area (Å²) in [7, 11) is 0. The van der Waals surface area contributed by atoms with Crippen molar-refractivity contribution < 1.29 is 31.1 Å². The number of alkyl halides is 6. The molecule has 12 heteroatoms. The van der Waals surface area contributed by atoms with Gasteiger partial charge in [-0.3, -0.25) is 9.38 Å². The molecule has 0 radical (unpaired) electrons. The first-order valence-corrected chi connectivity index (χ1v) is 7.39. The maximum absolute atomic E-state index is 12.9. The van der Waals surface area contributed by atoms with Crippen molar-refractivity contribution in [1.29, 1.82) is 0 Å². The molecule has 3 aromatic rings. The molecule has 0 fully saturated rings. The molecule has 0 spiro atoms. The maximum atomic E-state index is 12.9. The smallest absolute Gasteiger partial charge is 0.452 e. The zero-order valence-corrected chi connectivity index (χ0v) is 13.8. The first-order chi connectivity index (χ1) is 12.4. The van der Waals surface area contributed by atoms with Crippen molar-refractivity contribution in [1.82, 2.24) is 24.6 Å². The number of hydrogen-bond donors (Lipinski definition) is 0. The summed E-state index contributed by atoms with van der Waals surface area (Å²) in [5.41, 5.74) is -2.19. The summed E-state index contributed by atoms with van der Waals surface area (Å²) in [5, 5.41) is 6.47. The molecule has 0 aliphatic carbocycles. The van der Waals surface area contributed by atoms with Crippen molar-refractivity contribution in [3.05, 3.63) is 36.5 Å². The van der Waals surface area contributed by atoms with Crippen molar-refractivity contribution >= 4 is 5.65 Å². The normalized spacial score (nSPS) is 13.2. The topological polar surface area (TPSA) is 65.2 Å². The highest BCUT2D eigenvalue weighted by atomic mass is 19.4. The van der Waals surface area contributed by atoms with Crippen LogP contribution >= 0.6 is 0 Å². The van der Waals surface area contributed by atoms with Gasteiger partial charge in [-0.2, -0.15) is 26.3 Å². The third-order valence-corrected chi connectivity index (χ3v) is 3.62. The molecule has 0 saturated carbocycles. The number of nitrogens with zero attached hydrogens (tertiary/aromatic N) is 5. The van der Waals surface area contributed by atoms with Gasteiger partial charge in [-0.1, -0.05) is 0 Å². The molecule has 0 aliphatic rings. The van der Waals surface area contributed by atoms with Crippen LogP contribution in [0.2, 0.25) is 0 Å². The summed E-state index contributed by atoms with van der Waals surface area (Å²) in [5.74, 6) is -1.51.